The minimum Gasteiger partial charge on any atom is -0.756 e. The van der Waals surface area contributed by atoms with Crippen LogP contribution in [-0.2, 0) is 23.1 Å². The molecule has 0 aromatic heterocycles. The van der Waals surface area contributed by atoms with Crippen LogP contribution in [0.4, 0.5) is 0 Å². The van der Waals surface area contributed by atoms with Gasteiger partial charge in [0.05, 0.1) is 6.61 Å². The zero-order valence-corrected chi connectivity index (χ0v) is 26.3. The molecule has 0 saturated heterocycles. The first-order chi connectivity index (χ1) is 18.0. The molecule has 1 saturated carbocycles. The predicted octanol–water partition coefficient (Wildman–Crippen LogP) is -1.94. The maximum Gasteiger partial charge on any atom is 1.00 e. The Kier molecular flexibility index (Phi) is 22.1. The number of carbonyl (C=O) groups is 1. The van der Waals surface area contributed by atoms with Crippen LogP contribution in [0.25, 0.3) is 0 Å². The molecule has 1 rings (SSSR count). The molecule has 0 aromatic carbocycles. The normalized spacial score (nSPS) is 27.4. The molecule has 0 radical (unpaired) electrons. The van der Waals surface area contributed by atoms with Gasteiger partial charge in [0.25, 0.3) is 7.82 Å². The molecule has 14 heteroatoms. The van der Waals surface area contributed by atoms with E-state index in [4.69, 9.17) is 4.74 Å². The second-order valence-electron chi connectivity index (χ2n) is 10.1. The van der Waals surface area contributed by atoms with Gasteiger partial charge in [0, 0.05) is 6.42 Å². The summed E-state index contributed by atoms with van der Waals surface area (Å²) >= 11 is 0. The Hall–Kier alpha value is 0.340. The number of unbranched alkanes of at least 4 members (excludes halogenated alkanes) is 12. The molecule has 0 spiro atoms. The molecular weight excluding hydrogens is 546 g/mol. The van der Waals surface area contributed by atoms with E-state index in [1.165, 1.54) is 57.8 Å². The van der Waals surface area contributed by atoms with E-state index in [0.29, 0.717) is 6.42 Å². The van der Waals surface area contributed by atoms with Gasteiger partial charge in [-0.1, -0.05) is 84.0 Å². The van der Waals surface area contributed by atoms with Gasteiger partial charge in [0.2, 0.25) is 0 Å². The Morgan fingerprint density at radius 2 is 1.15 bits per heavy atom. The van der Waals surface area contributed by atoms with E-state index in [0.717, 1.165) is 19.3 Å². The summed E-state index contributed by atoms with van der Waals surface area (Å²) in [5, 5.41) is 58.3. The molecular formula is C25H48NaO12P. The van der Waals surface area contributed by atoms with Crippen LogP contribution in [-0.4, -0.2) is 92.5 Å². The fraction of sp³-hybridized carbons (Fsp3) is 0.960. The van der Waals surface area contributed by atoms with Gasteiger partial charge < -0.3 is 49.3 Å². The first-order valence-corrected chi connectivity index (χ1v) is 15.3. The van der Waals surface area contributed by atoms with E-state index in [2.05, 4.69) is 16.0 Å². The second-order valence-corrected chi connectivity index (χ2v) is 11.5. The summed E-state index contributed by atoms with van der Waals surface area (Å²) in [4.78, 5) is 23.8. The molecule has 0 heterocycles. The molecule has 1 aliphatic rings. The average molecular weight is 595 g/mol. The van der Waals surface area contributed by atoms with Gasteiger partial charge in [-0.2, -0.15) is 0 Å². The first-order valence-electron chi connectivity index (χ1n) is 13.9. The maximum atomic E-state index is 12.0. The molecule has 0 amide bonds. The number of phosphoric acid groups is 1. The van der Waals surface area contributed by atoms with E-state index in [1.54, 1.807) is 0 Å². The van der Waals surface area contributed by atoms with E-state index in [9.17, 15) is 44.9 Å². The van der Waals surface area contributed by atoms with Gasteiger partial charge in [-0.3, -0.25) is 9.36 Å². The van der Waals surface area contributed by atoms with Gasteiger partial charge >= 0.3 is 35.5 Å². The van der Waals surface area contributed by atoms with Crippen molar-refractivity contribution < 1.29 is 88.2 Å². The third-order valence-electron chi connectivity index (χ3n) is 6.67. The molecule has 6 N–H and O–H groups in total. The van der Waals surface area contributed by atoms with Crippen molar-refractivity contribution in [3.05, 3.63) is 0 Å². The molecule has 0 aromatic rings. The quantitative estimate of drug-likeness (QED) is 0.0372. The van der Waals surface area contributed by atoms with E-state index < -0.39 is 69.7 Å². The number of ether oxygens (including phenoxy) is 1. The SMILES string of the molecule is CCCCCCCCCCCCCCCC(=O)OC[C@@H](O)COP(=O)([O-])OC1C(O)C(O)C(O)C(O)C1O.[Na+]. The summed E-state index contributed by atoms with van der Waals surface area (Å²) in [6.45, 7) is 0.881. The van der Waals surface area contributed by atoms with Crippen molar-refractivity contribution in [1.29, 1.82) is 0 Å². The number of rotatable bonds is 21. The largest absolute Gasteiger partial charge is 1.00 e. The summed E-state index contributed by atoms with van der Waals surface area (Å²) in [7, 11) is -5.23. The molecule has 226 valence electrons. The van der Waals surface area contributed by atoms with Crippen LogP contribution in [0.15, 0.2) is 0 Å². The number of phosphoric ester groups is 1. The minimum atomic E-state index is -5.23. The fourth-order valence-electron chi connectivity index (χ4n) is 4.27. The van der Waals surface area contributed by atoms with Gasteiger partial charge in [-0.15, -0.1) is 0 Å². The molecule has 6 atom stereocenters. The van der Waals surface area contributed by atoms with Gasteiger partial charge in [0.15, 0.2) is 0 Å². The van der Waals surface area contributed by atoms with Gasteiger partial charge in [-0.25, -0.2) is 0 Å². The maximum absolute atomic E-state index is 12.0. The van der Waals surface area contributed by atoms with Crippen LogP contribution >= 0.6 is 7.82 Å². The first kappa shape index (κ1) is 39.3. The molecule has 12 nitrogen and oxygen atoms in total. The van der Waals surface area contributed by atoms with E-state index in [1.807, 2.05) is 0 Å². The second kappa shape index (κ2) is 22.0. The summed E-state index contributed by atoms with van der Waals surface area (Å²) < 4.78 is 25.9. The predicted molar refractivity (Wildman–Crippen MR) is 136 cm³/mol. The number of aliphatic hydroxyl groups is 6. The van der Waals surface area contributed by atoms with Crippen molar-refractivity contribution in [3.63, 3.8) is 0 Å². The average Bonchev–Trinajstić information content (AvgIpc) is 2.89. The number of aliphatic hydroxyl groups excluding tert-OH is 6. The summed E-state index contributed by atoms with van der Waals surface area (Å²) in [5.41, 5.74) is 0. The molecule has 1 aliphatic carbocycles. The zero-order chi connectivity index (χ0) is 28.6. The smallest absolute Gasteiger partial charge is 0.756 e. The summed E-state index contributed by atoms with van der Waals surface area (Å²) in [5.74, 6) is -0.524. The monoisotopic (exact) mass is 594 g/mol. The van der Waals surface area contributed by atoms with Gasteiger partial charge in [-0.05, 0) is 6.42 Å². The Bertz CT molecular complexity index is 671. The van der Waals surface area contributed by atoms with Crippen LogP contribution in [0.3, 0.4) is 0 Å². The molecule has 1 fully saturated rings. The summed E-state index contributed by atoms with van der Waals surface area (Å²) in [6, 6.07) is 0. The van der Waals surface area contributed by atoms with Crippen LogP contribution < -0.4 is 34.5 Å². The van der Waals surface area contributed by atoms with Crippen molar-refractivity contribution in [2.75, 3.05) is 13.2 Å². The third-order valence-corrected chi connectivity index (χ3v) is 7.64. The van der Waals surface area contributed by atoms with E-state index >= 15 is 0 Å². The van der Waals surface area contributed by atoms with Gasteiger partial charge in [0.1, 0.15) is 49.3 Å². The van der Waals surface area contributed by atoms with Crippen LogP contribution in [0.2, 0.25) is 0 Å². The van der Waals surface area contributed by atoms with Crippen molar-refractivity contribution in [3.8, 4) is 0 Å². The fourth-order valence-corrected chi connectivity index (χ4v) is 5.24. The standard InChI is InChI=1S/C25H49O12P.Na/c1-2-3-4-5-6-7-8-9-10-11-12-13-14-15-19(27)35-16-18(26)17-36-38(33,34)37-25-23(31)21(29)20(28)22(30)24(25)32;/h18,20-26,28-32H,2-17H2,1H3,(H,33,34);/q;+1/p-1/t18-,20?,21?,22?,23?,24?,25?;/m1./s1. The third kappa shape index (κ3) is 16.5. The molecule has 39 heavy (non-hydrogen) atoms. The molecule has 5 unspecified atom stereocenters. The minimum absolute atomic E-state index is 0. The Morgan fingerprint density at radius 1 is 0.744 bits per heavy atom. The Balaban J connectivity index is 0.0000144. The van der Waals surface area contributed by atoms with Crippen LogP contribution in [0, 0.1) is 0 Å². The van der Waals surface area contributed by atoms with Crippen molar-refractivity contribution >= 4 is 13.8 Å². The number of esters is 1. The Morgan fingerprint density at radius 3 is 1.62 bits per heavy atom. The number of hydrogen-bond acceptors (Lipinski definition) is 12. The number of hydrogen-bond donors (Lipinski definition) is 6. The van der Waals surface area contributed by atoms with E-state index in [-0.39, 0.29) is 36.0 Å². The topological polar surface area (TPSA) is 206 Å². The summed E-state index contributed by atoms with van der Waals surface area (Å²) in [6.07, 6.45) is 2.08. The molecule has 0 bridgehead atoms. The van der Waals surface area contributed by atoms with Crippen molar-refractivity contribution in [2.45, 2.75) is 140 Å². The molecule has 0 aliphatic heterocycles. The van der Waals surface area contributed by atoms with Crippen molar-refractivity contribution in [1.82, 2.24) is 0 Å². The number of carbonyl (C=O) groups excluding carboxylic acids is 1. The Labute approximate surface area is 254 Å². The van der Waals surface area contributed by atoms with Crippen LogP contribution in [0.5, 0.6) is 0 Å². The zero-order valence-electron chi connectivity index (χ0n) is 23.4. The van der Waals surface area contributed by atoms with Crippen LogP contribution in [0.1, 0.15) is 96.8 Å². The van der Waals surface area contributed by atoms with Crippen molar-refractivity contribution in [2.24, 2.45) is 0 Å².